The first-order valence-electron chi connectivity index (χ1n) is 11.1. The van der Waals surface area contributed by atoms with E-state index in [1.807, 2.05) is 6.07 Å². The molecule has 0 spiro atoms. The predicted octanol–water partition coefficient (Wildman–Crippen LogP) is 0.839. The van der Waals surface area contributed by atoms with E-state index in [0.717, 1.165) is 90.1 Å². The monoisotopic (exact) mass is 417 g/mol. The molecule has 1 aromatic rings. The molecule has 2 saturated heterocycles. The summed E-state index contributed by atoms with van der Waals surface area (Å²) >= 11 is 0. The van der Waals surface area contributed by atoms with Crippen molar-refractivity contribution in [2.24, 2.45) is 10.9 Å². The maximum Gasteiger partial charge on any atom is 0.308 e. The molecule has 0 atom stereocenters. The van der Waals surface area contributed by atoms with Crippen molar-refractivity contribution in [2.75, 3.05) is 70.9 Å². The second-order valence-electron chi connectivity index (χ2n) is 7.75. The molecule has 0 bridgehead atoms. The van der Waals surface area contributed by atoms with Gasteiger partial charge in [0.2, 0.25) is 5.95 Å². The molecular weight excluding hydrogens is 382 g/mol. The molecule has 0 amide bonds. The average Bonchev–Trinajstić information content (AvgIpc) is 2.81. The molecule has 2 fully saturated rings. The average molecular weight is 418 g/mol. The zero-order valence-electron chi connectivity index (χ0n) is 18.3. The Hall–Kier alpha value is -2.42. The van der Waals surface area contributed by atoms with Crippen LogP contribution in [0.2, 0.25) is 0 Å². The van der Waals surface area contributed by atoms with Crippen LogP contribution in [0.3, 0.4) is 0 Å². The first-order valence-corrected chi connectivity index (χ1v) is 11.1. The number of piperazine rings is 1. The lowest BCUT2D eigenvalue weighted by Crippen LogP contribution is -2.47. The highest BCUT2D eigenvalue weighted by Gasteiger charge is 2.27. The van der Waals surface area contributed by atoms with Crippen molar-refractivity contribution in [1.82, 2.24) is 25.1 Å². The predicted molar refractivity (Wildman–Crippen MR) is 118 cm³/mol. The van der Waals surface area contributed by atoms with Crippen molar-refractivity contribution in [3.63, 3.8) is 0 Å². The molecule has 0 unspecified atom stereocenters. The highest BCUT2D eigenvalue weighted by molar-refractivity contribution is 5.80. The SMILES string of the molecule is CCNC(=NCCCN1CCN(c2ncccn2)CC1)N1CCC(C(=O)OC)CC1. The second-order valence-corrected chi connectivity index (χ2v) is 7.75. The second kappa shape index (κ2) is 11.7. The topological polar surface area (TPSA) is 86.2 Å². The van der Waals surface area contributed by atoms with Crippen LogP contribution in [-0.2, 0) is 9.53 Å². The molecule has 3 rings (SSSR count). The van der Waals surface area contributed by atoms with Gasteiger partial charge in [-0.05, 0) is 32.3 Å². The van der Waals surface area contributed by atoms with E-state index < -0.39 is 0 Å². The Morgan fingerprint density at radius 2 is 1.87 bits per heavy atom. The van der Waals surface area contributed by atoms with Gasteiger partial charge in [0, 0.05) is 71.3 Å². The summed E-state index contributed by atoms with van der Waals surface area (Å²) in [6, 6.07) is 1.85. The number of carbonyl (C=O) groups excluding carboxylic acids is 1. The highest BCUT2D eigenvalue weighted by Crippen LogP contribution is 2.18. The van der Waals surface area contributed by atoms with Crippen LogP contribution in [0.5, 0.6) is 0 Å². The number of rotatable bonds is 7. The summed E-state index contributed by atoms with van der Waals surface area (Å²) in [6.45, 7) is 10.5. The molecule has 9 nitrogen and oxygen atoms in total. The smallest absolute Gasteiger partial charge is 0.308 e. The van der Waals surface area contributed by atoms with Gasteiger partial charge in [0.1, 0.15) is 0 Å². The van der Waals surface area contributed by atoms with Gasteiger partial charge < -0.3 is 19.9 Å². The number of nitrogens with zero attached hydrogens (tertiary/aromatic N) is 6. The Morgan fingerprint density at radius 3 is 2.50 bits per heavy atom. The molecule has 1 aromatic heterocycles. The van der Waals surface area contributed by atoms with Crippen LogP contribution in [0, 0.1) is 5.92 Å². The minimum absolute atomic E-state index is 0.0223. The molecule has 2 aliphatic heterocycles. The van der Waals surface area contributed by atoms with E-state index in [9.17, 15) is 4.79 Å². The Balaban J connectivity index is 1.38. The molecule has 9 heteroatoms. The van der Waals surface area contributed by atoms with Crippen molar-refractivity contribution in [3.8, 4) is 0 Å². The van der Waals surface area contributed by atoms with Gasteiger partial charge in [0.15, 0.2) is 5.96 Å². The number of piperidine rings is 1. The summed E-state index contributed by atoms with van der Waals surface area (Å²) in [6.07, 6.45) is 6.29. The van der Waals surface area contributed by atoms with Crippen LogP contribution in [0.4, 0.5) is 5.95 Å². The molecular formula is C21H35N7O2. The highest BCUT2D eigenvalue weighted by atomic mass is 16.5. The van der Waals surface area contributed by atoms with Crippen LogP contribution in [0.15, 0.2) is 23.5 Å². The number of esters is 1. The van der Waals surface area contributed by atoms with E-state index in [1.165, 1.54) is 7.11 Å². The van der Waals surface area contributed by atoms with E-state index in [1.54, 1.807) is 12.4 Å². The fraction of sp³-hybridized carbons (Fsp3) is 0.714. The van der Waals surface area contributed by atoms with E-state index in [4.69, 9.17) is 9.73 Å². The fourth-order valence-corrected chi connectivity index (χ4v) is 4.02. The molecule has 30 heavy (non-hydrogen) atoms. The summed E-state index contributed by atoms with van der Waals surface area (Å²) in [4.78, 5) is 32.3. The van der Waals surface area contributed by atoms with Crippen molar-refractivity contribution in [3.05, 3.63) is 18.5 Å². The van der Waals surface area contributed by atoms with Crippen LogP contribution in [0.1, 0.15) is 26.2 Å². The van der Waals surface area contributed by atoms with E-state index in [2.05, 4.69) is 36.9 Å². The van der Waals surface area contributed by atoms with Gasteiger partial charge in [-0.25, -0.2) is 9.97 Å². The normalized spacial score (nSPS) is 19.1. The minimum atomic E-state index is -0.0875. The summed E-state index contributed by atoms with van der Waals surface area (Å²) in [5.74, 6) is 1.73. The van der Waals surface area contributed by atoms with E-state index >= 15 is 0 Å². The van der Waals surface area contributed by atoms with Crippen molar-refractivity contribution in [2.45, 2.75) is 26.2 Å². The zero-order valence-corrected chi connectivity index (χ0v) is 18.3. The number of carbonyl (C=O) groups is 1. The van der Waals surface area contributed by atoms with Crippen LogP contribution < -0.4 is 10.2 Å². The molecule has 0 radical (unpaired) electrons. The van der Waals surface area contributed by atoms with E-state index in [0.29, 0.717) is 0 Å². The summed E-state index contributed by atoms with van der Waals surface area (Å²) in [5.41, 5.74) is 0. The van der Waals surface area contributed by atoms with Crippen LogP contribution in [-0.4, -0.2) is 97.7 Å². The third-order valence-corrected chi connectivity index (χ3v) is 5.77. The first kappa shape index (κ1) is 22.3. The number of anilines is 1. The number of aromatic nitrogens is 2. The Kier molecular flexibility index (Phi) is 8.67. The van der Waals surface area contributed by atoms with Crippen LogP contribution in [0.25, 0.3) is 0 Å². The zero-order chi connectivity index (χ0) is 21.2. The summed E-state index contributed by atoms with van der Waals surface area (Å²) < 4.78 is 4.88. The van der Waals surface area contributed by atoms with Gasteiger partial charge in [-0.3, -0.25) is 14.7 Å². The molecule has 3 heterocycles. The van der Waals surface area contributed by atoms with E-state index in [-0.39, 0.29) is 11.9 Å². The molecule has 1 N–H and O–H groups in total. The number of likely N-dealkylation sites (tertiary alicyclic amines) is 1. The largest absolute Gasteiger partial charge is 0.469 e. The summed E-state index contributed by atoms with van der Waals surface area (Å²) in [5, 5.41) is 3.40. The molecule has 2 aliphatic rings. The molecule has 0 saturated carbocycles. The number of nitrogens with one attached hydrogen (secondary N) is 1. The number of hydrogen-bond donors (Lipinski definition) is 1. The van der Waals surface area contributed by atoms with Crippen molar-refractivity contribution >= 4 is 17.9 Å². The van der Waals surface area contributed by atoms with Gasteiger partial charge in [-0.15, -0.1) is 0 Å². The number of hydrogen-bond acceptors (Lipinski definition) is 7. The van der Waals surface area contributed by atoms with Gasteiger partial charge >= 0.3 is 5.97 Å². The Bertz CT molecular complexity index is 669. The standard InChI is InChI=1S/C21H35N7O2/c1-3-22-20(27-12-6-18(7-13-27)19(29)30-2)25-10-5-11-26-14-16-28(17-15-26)21-23-8-4-9-24-21/h4,8-9,18H,3,5-7,10-17H2,1-2H3,(H,22,25). The number of ether oxygens (including phenoxy) is 1. The van der Waals surface area contributed by atoms with Gasteiger partial charge in [0.25, 0.3) is 0 Å². The quantitative estimate of drug-likeness (QED) is 0.302. The lowest BCUT2D eigenvalue weighted by Gasteiger charge is -2.34. The maximum absolute atomic E-state index is 11.7. The van der Waals surface area contributed by atoms with Gasteiger partial charge in [-0.1, -0.05) is 0 Å². The third kappa shape index (κ3) is 6.29. The molecule has 0 aromatic carbocycles. The fourth-order valence-electron chi connectivity index (χ4n) is 4.02. The lowest BCUT2D eigenvalue weighted by atomic mass is 9.97. The minimum Gasteiger partial charge on any atom is -0.469 e. The number of aliphatic imine (C=N–C) groups is 1. The third-order valence-electron chi connectivity index (χ3n) is 5.77. The van der Waals surface area contributed by atoms with Crippen LogP contribution >= 0.6 is 0 Å². The molecule has 0 aliphatic carbocycles. The van der Waals surface area contributed by atoms with Crippen molar-refractivity contribution in [1.29, 1.82) is 0 Å². The summed E-state index contributed by atoms with van der Waals surface area (Å²) in [7, 11) is 1.47. The Labute approximate surface area is 179 Å². The number of methoxy groups -OCH3 is 1. The first-order chi connectivity index (χ1) is 14.7. The lowest BCUT2D eigenvalue weighted by molar-refractivity contribution is -0.146. The van der Waals surface area contributed by atoms with Gasteiger partial charge in [0.05, 0.1) is 13.0 Å². The Morgan fingerprint density at radius 1 is 1.17 bits per heavy atom. The number of guanidine groups is 1. The molecule has 166 valence electrons. The van der Waals surface area contributed by atoms with Gasteiger partial charge in [-0.2, -0.15) is 0 Å². The van der Waals surface area contributed by atoms with Crippen molar-refractivity contribution < 1.29 is 9.53 Å². The maximum atomic E-state index is 11.7.